The predicted octanol–water partition coefficient (Wildman–Crippen LogP) is 12.8. The lowest BCUT2D eigenvalue weighted by atomic mass is 9.33. The largest absolute Gasteiger partial charge is 0.311 e. The number of nitrogens with zero attached hydrogens (tertiary/aromatic N) is 2. The van der Waals surface area contributed by atoms with Crippen molar-refractivity contribution in [3.63, 3.8) is 0 Å². The second kappa shape index (κ2) is 14.2. The number of fused-ring (bicyclic) bond motifs is 4. The van der Waals surface area contributed by atoms with Gasteiger partial charge in [0, 0.05) is 39.5 Å². The molecule has 2 nitrogen and oxygen atoms in total. The molecule has 2 aliphatic carbocycles. The van der Waals surface area contributed by atoms with Crippen molar-refractivity contribution in [3.8, 4) is 0 Å². The van der Waals surface area contributed by atoms with Gasteiger partial charge in [-0.15, -0.1) is 0 Å². The summed E-state index contributed by atoms with van der Waals surface area (Å²) in [5.41, 5.74) is 20.0. The van der Waals surface area contributed by atoms with Gasteiger partial charge in [0.15, 0.2) is 0 Å². The number of benzene rings is 6. The average Bonchev–Trinajstić information content (AvgIpc) is 3.25. The minimum absolute atomic E-state index is 0.127. The molecule has 6 aromatic carbocycles. The van der Waals surface area contributed by atoms with Crippen LogP contribution in [-0.4, -0.2) is 6.71 Å². The van der Waals surface area contributed by atoms with Gasteiger partial charge in [0.05, 0.1) is 0 Å². The van der Waals surface area contributed by atoms with Gasteiger partial charge in [-0.3, -0.25) is 0 Å². The summed E-state index contributed by atoms with van der Waals surface area (Å²) in [5, 5.41) is 0. The molecule has 2 heterocycles. The highest BCUT2D eigenvalue weighted by Gasteiger charge is 2.45. The lowest BCUT2D eigenvalue weighted by molar-refractivity contribution is 0.443. The van der Waals surface area contributed by atoms with Gasteiger partial charge in [0.2, 0.25) is 0 Å². The first-order chi connectivity index (χ1) is 27.3. The highest BCUT2D eigenvalue weighted by Crippen LogP contribution is 2.48. The minimum atomic E-state index is -0.226. The Hall–Kier alpha value is -5.02. The van der Waals surface area contributed by atoms with E-state index in [9.17, 15) is 0 Å². The summed E-state index contributed by atoms with van der Waals surface area (Å²) < 4.78 is 0. The molecule has 0 unspecified atom stereocenters. The van der Waals surface area contributed by atoms with Gasteiger partial charge >= 0.3 is 0 Å². The first kappa shape index (κ1) is 35.4. The Kier molecular flexibility index (Phi) is 8.96. The van der Waals surface area contributed by atoms with E-state index in [1.54, 1.807) is 0 Å². The van der Waals surface area contributed by atoms with E-state index in [-0.39, 0.29) is 12.1 Å². The second-order valence-corrected chi connectivity index (χ2v) is 18.0. The maximum Gasteiger partial charge on any atom is 0.252 e. The molecule has 0 N–H and O–H groups in total. The molecule has 0 atom stereocenters. The van der Waals surface area contributed by atoms with Gasteiger partial charge in [-0.1, -0.05) is 142 Å². The first-order valence-electron chi connectivity index (χ1n) is 21.6. The first-order valence-corrected chi connectivity index (χ1v) is 21.6. The van der Waals surface area contributed by atoms with Crippen LogP contribution >= 0.6 is 0 Å². The van der Waals surface area contributed by atoms with Crippen LogP contribution in [0, 0.1) is 13.8 Å². The SMILES string of the molecule is Cc1ccc(N2c3ccc(C)cc3B3c4cc(C5CCCCC5)ccc4N(c4ccc(C5CCCCC5)cc4)c4cc(C(C)(C)c5ccccc5)cc2c43)cc1. The third kappa shape index (κ3) is 6.01. The molecule has 0 bridgehead atoms. The van der Waals surface area contributed by atoms with E-state index in [2.05, 4.69) is 165 Å². The van der Waals surface area contributed by atoms with Crippen molar-refractivity contribution >= 4 is 57.2 Å². The maximum atomic E-state index is 2.64. The molecule has 0 amide bonds. The smallest absolute Gasteiger partial charge is 0.252 e. The summed E-state index contributed by atoms with van der Waals surface area (Å²) >= 11 is 0. The summed E-state index contributed by atoms with van der Waals surface area (Å²) in [7, 11) is 0. The Labute approximate surface area is 335 Å². The molecule has 280 valence electrons. The van der Waals surface area contributed by atoms with Gasteiger partial charge in [-0.05, 0) is 139 Å². The van der Waals surface area contributed by atoms with E-state index in [1.807, 2.05) is 0 Å². The van der Waals surface area contributed by atoms with Crippen LogP contribution < -0.4 is 26.2 Å². The van der Waals surface area contributed by atoms with Gasteiger partial charge in [-0.25, -0.2) is 0 Å². The van der Waals surface area contributed by atoms with E-state index in [1.165, 1.54) is 148 Å². The highest BCUT2D eigenvalue weighted by molar-refractivity contribution is 7.00. The zero-order valence-electron chi connectivity index (χ0n) is 33.8. The van der Waals surface area contributed by atoms with Crippen molar-refractivity contribution in [2.75, 3.05) is 9.80 Å². The predicted molar refractivity (Wildman–Crippen MR) is 240 cm³/mol. The van der Waals surface area contributed by atoms with Crippen molar-refractivity contribution in [3.05, 3.63) is 161 Å². The molecule has 0 aromatic heterocycles. The molecule has 2 aliphatic heterocycles. The van der Waals surface area contributed by atoms with Crippen LogP contribution in [-0.2, 0) is 5.41 Å². The molecule has 56 heavy (non-hydrogen) atoms. The number of rotatable bonds is 6. The molecule has 4 aliphatic rings. The third-order valence-corrected chi connectivity index (χ3v) is 14.1. The third-order valence-electron chi connectivity index (χ3n) is 14.1. The average molecular weight is 731 g/mol. The molecule has 3 heteroatoms. The summed E-state index contributed by atoms with van der Waals surface area (Å²) in [4.78, 5) is 5.22. The fraction of sp³-hybridized carbons (Fsp3) is 0.321. The van der Waals surface area contributed by atoms with E-state index in [0.717, 1.165) is 0 Å². The quantitative estimate of drug-likeness (QED) is 0.157. The zero-order valence-corrected chi connectivity index (χ0v) is 33.8. The molecule has 6 aromatic rings. The van der Waals surface area contributed by atoms with Crippen LogP contribution in [0.15, 0.2) is 127 Å². The molecule has 2 fully saturated rings. The second-order valence-electron chi connectivity index (χ2n) is 18.0. The lowest BCUT2D eigenvalue weighted by Crippen LogP contribution is -2.61. The van der Waals surface area contributed by atoms with Crippen LogP contribution in [0.2, 0.25) is 0 Å². The van der Waals surface area contributed by atoms with Crippen molar-refractivity contribution in [1.29, 1.82) is 0 Å². The minimum Gasteiger partial charge on any atom is -0.311 e. The monoisotopic (exact) mass is 730 g/mol. The number of hydrogen-bond acceptors (Lipinski definition) is 2. The number of hydrogen-bond donors (Lipinski definition) is 0. The topological polar surface area (TPSA) is 6.48 Å². The highest BCUT2D eigenvalue weighted by atomic mass is 15.2. The van der Waals surface area contributed by atoms with E-state index >= 15 is 0 Å². The van der Waals surface area contributed by atoms with Gasteiger partial charge in [0.25, 0.3) is 6.71 Å². The summed E-state index contributed by atoms with van der Waals surface area (Å²) in [6.07, 6.45) is 13.4. The molecule has 10 rings (SSSR count). The van der Waals surface area contributed by atoms with Crippen molar-refractivity contribution in [2.45, 2.75) is 109 Å². The molecule has 0 spiro atoms. The molecule has 2 saturated carbocycles. The standard InChI is InChI=1S/C53H55BN2/c1-36-20-26-44(27-21-36)55-48-30-22-37(2)32-46(48)54-47-33-41(39-16-10-6-11-17-39)25-31-49(47)56(45-28-23-40(24-29-45)38-14-8-5-9-15-38)51-35-43(34-50(55)52(51)54)53(3,4)42-18-12-7-13-19-42/h7,12-13,18-35,38-39H,5-6,8-11,14-17H2,1-4H3. The Morgan fingerprint density at radius 2 is 0.964 bits per heavy atom. The Morgan fingerprint density at radius 1 is 0.464 bits per heavy atom. The van der Waals surface area contributed by atoms with Crippen LogP contribution in [0.5, 0.6) is 0 Å². The van der Waals surface area contributed by atoms with Crippen molar-refractivity contribution < 1.29 is 0 Å². The van der Waals surface area contributed by atoms with Gasteiger partial charge < -0.3 is 9.80 Å². The van der Waals surface area contributed by atoms with Crippen LogP contribution in [0.4, 0.5) is 34.1 Å². The molecular formula is C53H55BN2. The Bertz CT molecular complexity index is 2380. The van der Waals surface area contributed by atoms with Gasteiger partial charge in [0.1, 0.15) is 0 Å². The lowest BCUT2D eigenvalue weighted by Gasteiger charge is -2.45. The Morgan fingerprint density at radius 3 is 1.57 bits per heavy atom. The maximum absolute atomic E-state index is 2.64. The molecular weight excluding hydrogens is 675 g/mol. The van der Waals surface area contributed by atoms with Crippen molar-refractivity contribution in [1.82, 2.24) is 0 Å². The van der Waals surface area contributed by atoms with Crippen LogP contribution in [0.3, 0.4) is 0 Å². The molecule has 0 radical (unpaired) electrons. The number of anilines is 6. The summed E-state index contributed by atoms with van der Waals surface area (Å²) in [6, 6.07) is 50.0. The summed E-state index contributed by atoms with van der Waals surface area (Å²) in [5.74, 6) is 1.32. The van der Waals surface area contributed by atoms with E-state index < -0.39 is 0 Å². The normalized spacial score (nSPS) is 17.0. The Balaban J connectivity index is 1.26. The van der Waals surface area contributed by atoms with Crippen molar-refractivity contribution in [2.24, 2.45) is 0 Å². The fourth-order valence-electron chi connectivity index (χ4n) is 10.8. The van der Waals surface area contributed by atoms with Crippen LogP contribution in [0.25, 0.3) is 0 Å². The zero-order chi connectivity index (χ0) is 38.0. The number of aryl methyl sites for hydroxylation is 2. The fourth-order valence-corrected chi connectivity index (χ4v) is 10.8. The van der Waals surface area contributed by atoms with Gasteiger partial charge in [-0.2, -0.15) is 0 Å². The molecule has 0 saturated heterocycles. The van der Waals surface area contributed by atoms with E-state index in [0.29, 0.717) is 11.8 Å². The van der Waals surface area contributed by atoms with E-state index in [4.69, 9.17) is 0 Å². The summed E-state index contributed by atoms with van der Waals surface area (Å²) in [6.45, 7) is 9.39. The van der Waals surface area contributed by atoms with Crippen LogP contribution in [0.1, 0.15) is 123 Å².